The second-order valence-electron chi connectivity index (χ2n) is 11.8. The van der Waals surface area contributed by atoms with E-state index in [9.17, 15) is 14.7 Å². The molecule has 8 atom stereocenters. The van der Waals surface area contributed by atoms with Crippen molar-refractivity contribution >= 4 is 28.7 Å². The minimum absolute atomic E-state index is 0.224. The van der Waals surface area contributed by atoms with Gasteiger partial charge >= 0.3 is 5.69 Å². The number of nitrogens with zero attached hydrogens (tertiary/aromatic N) is 5. The quantitative estimate of drug-likeness (QED) is 0.320. The molecule has 0 unspecified atom stereocenters. The number of aliphatic hydroxyl groups is 1. The van der Waals surface area contributed by atoms with Crippen LogP contribution in [0.3, 0.4) is 0 Å². The lowest BCUT2D eigenvalue weighted by Crippen LogP contribution is -2.37. The van der Waals surface area contributed by atoms with E-state index in [1.807, 2.05) is 18.4 Å². The molecule has 0 saturated carbocycles. The molecule has 0 bridgehead atoms. The lowest BCUT2D eigenvalue weighted by Gasteiger charge is -2.25. The second kappa shape index (κ2) is 10.3. The fourth-order valence-electron chi connectivity index (χ4n) is 6.27. The van der Waals surface area contributed by atoms with Gasteiger partial charge in [0.25, 0.3) is 5.56 Å². The SMILES string of the molecule is CC1(C)O[C@@H]2[C@H](O1)[C@@H](CSCc1nc3c(N)ncnc3n1[C@@H]1O[C@H](CO)[C@H]3OC(C)(C)O[C@H]31)O[C@H]2n1ccc(=O)[nH]c1=O. The Balaban J connectivity index is 1.15. The Morgan fingerprint density at radius 3 is 2.33 bits per heavy atom. The van der Waals surface area contributed by atoms with Gasteiger partial charge in [-0.2, -0.15) is 11.8 Å². The number of anilines is 1. The van der Waals surface area contributed by atoms with Crippen LogP contribution in [0.5, 0.6) is 0 Å². The number of hydrogen-bond donors (Lipinski definition) is 3. The fourth-order valence-corrected chi connectivity index (χ4v) is 7.27. The highest BCUT2D eigenvalue weighted by Gasteiger charge is 2.57. The van der Waals surface area contributed by atoms with E-state index in [4.69, 9.17) is 39.1 Å². The highest BCUT2D eigenvalue weighted by atomic mass is 32.2. The first-order chi connectivity index (χ1) is 20.4. The van der Waals surface area contributed by atoms with Gasteiger partial charge in [-0.1, -0.05) is 0 Å². The number of nitrogens with one attached hydrogen (secondary N) is 1. The number of nitrogens with two attached hydrogens (primary N) is 1. The minimum atomic E-state index is -0.882. The van der Waals surface area contributed by atoms with Crippen LogP contribution < -0.4 is 17.0 Å². The van der Waals surface area contributed by atoms with E-state index in [0.29, 0.717) is 28.5 Å². The van der Waals surface area contributed by atoms with Gasteiger partial charge in [0.2, 0.25) is 0 Å². The van der Waals surface area contributed by atoms with Crippen molar-refractivity contribution in [1.29, 1.82) is 0 Å². The molecule has 0 aromatic carbocycles. The first-order valence-electron chi connectivity index (χ1n) is 13.9. The largest absolute Gasteiger partial charge is 0.394 e. The summed E-state index contributed by atoms with van der Waals surface area (Å²) in [5.74, 6) is -0.0548. The first kappa shape index (κ1) is 28.8. The van der Waals surface area contributed by atoms with Crippen LogP contribution in [0.25, 0.3) is 11.2 Å². The van der Waals surface area contributed by atoms with Crippen LogP contribution >= 0.6 is 11.8 Å². The Labute approximate surface area is 248 Å². The minimum Gasteiger partial charge on any atom is -0.394 e. The molecule has 232 valence electrons. The van der Waals surface area contributed by atoms with E-state index in [2.05, 4.69) is 15.0 Å². The zero-order valence-electron chi connectivity index (χ0n) is 23.9. The van der Waals surface area contributed by atoms with Crippen LogP contribution in [0.2, 0.25) is 0 Å². The Hall–Kier alpha value is -2.90. The Kier molecular flexibility index (Phi) is 6.93. The maximum Gasteiger partial charge on any atom is 0.330 e. The number of rotatable bonds is 7. The molecule has 4 N–H and O–H groups in total. The molecule has 7 heterocycles. The number of H-pyrrole nitrogens is 1. The molecule has 4 aliphatic heterocycles. The number of aromatic amines is 1. The highest BCUT2D eigenvalue weighted by Crippen LogP contribution is 2.46. The van der Waals surface area contributed by atoms with Crippen LogP contribution in [0.15, 0.2) is 28.2 Å². The molecule has 4 saturated heterocycles. The third-order valence-corrected chi connectivity index (χ3v) is 8.93. The monoisotopic (exact) mass is 619 g/mol. The summed E-state index contributed by atoms with van der Waals surface area (Å²) < 4.78 is 40.3. The van der Waals surface area contributed by atoms with Gasteiger partial charge in [-0.05, 0) is 27.7 Å². The molecule has 4 fully saturated rings. The van der Waals surface area contributed by atoms with E-state index in [1.165, 1.54) is 34.9 Å². The Bertz CT molecular complexity index is 1660. The molecule has 3 aromatic heterocycles. The van der Waals surface area contributed by atoms with Crippen LogP contribution in [-0.4, -0.2) is 94.7 Å². The maximum absolute atomic E-state index is 12.6. The van der Waals surface area contributed by atoms with E-state index in [-0.39, 0.29) is 12.4 Å². The van der Waals surface area contributed by atoms with Crippen molar-refractivity contribution in [3.05, 3.63) is 45.3 Å². The van der Waals surface area contributed by atoms with Crippen molar-refractivity contribution in [3.63, 3.8) is 0 Å². The zero-order valence-corrected chi connectivity index (χ0v) is 24.7. The lowest BCUT2D eigenvalue weighted by molar-refractivity contribution is -0.199. The summed E-state index contributed by atoms with van der Waals surface area (Å²) in [6.45, 7) is 7.00. The average molecular weight is 620 g/mol. The summed E-state index contributed by atoms with van der Waals surface area (Å²) in [4.78, 5) is 39.8. The van der Waals surface area contributed by atoms with Gasteiger partial charge in [-0.25, -0.2) is 19.7 Å². The van der Waals surface area contributed by atoms with E-state index >= 15 is 0 Å². The van der Waals surface area contributed by atoms with Crippen LogP contribution in [0.4, 0.5) is 5.82 Å². The topological polar surface area (TPSA) is 200 Å². The average Bonchev–Trinajstić information content (AvgIpc) is 3.70. The third-order valence-electron chi connectivity index (χ3n) is 7.90. The Morgan fingerprint density at radius 2 is 1.63 bits per heavy atom. The van der Waals surface area contributed by atoms with Gasteiger partial charge in [0.1, 0.15) is 42.7 Å². The highest BCUT2D eigenvalue weighted by molar-refractivity contribution is 7.98. The summed E-state index contributed by atoms with van der Waals surface area (Å²) in [5.41, 5.74) is 5.98. The van der Waals surface area contributed by atoms with Gasteiger partial charge < -0.3 is 39.3 Å². The molecule has 17 heteroatoms. The predicted octanol–water partition coefficient (Wildman–Crippen LogP) is 0.0192. The molecule has 4 aliphatic rings. The molecular weight excluding hydrogens is 586 g/mol. The molecule has 0 radical (unpaired) electrons. The maximum atomic E-state index is 12.6. The zero-order chi connectivity index (χ0) is 30.3. The number of fused-ring (bicyclic) bond motifs is 3. The third kappa shape index (κ3) is 4.97. The van der Waals surface area contributed by atoms with Gasteiger partial charge in [0, 0.05) is 18.0 Å². The predicted molar refractivity (Wildman–Crippen MR) is 150 cm³/mol. The number of aromatic nitrogens is 6. The number of nitrogen functional groups attached to an aromatic ring is 1. The number of hydrogen-bond acceptors (Lipinski definition) is 14. The molecular formula is C26H33N7O9S. The van der Waals surface area contributed by atoms with E-state index < -0.39 is 71.9 Å². The van der Waals surface area contributed by atoms with E-state index in [1.54, 1.807) is 13.8 Å². The molecule has 43 heavy (non-hydrogen) atoms. The second-order valence-corrected chi connectivity index (χ2v) is 12.8. The van der Waals surface area contributed by atoms with Crippen molar-refractivity contribution in [2.45, 2.75) is 94.1 Å². The Morgan fingerprint density at radius 1 is 0.977 bits per heavy atom. The molecule has 16 nitrogen and oxygen atoms in total. The molecule has 0 aliphatic carbocycles. The standard InChI is InChI=1S/C26H33N7O9S/c1-25(2)39-16-11(7-34)37-23(19(16)42-25)33-13(30-15-20(27)28-10-29-21(15)33)9-43-8-12-17-18(41-26(3,4)40-17)22(38-12)32-6-5-14(35)31-24(32)36/h5-6,10-12,16-19,22-23,34H,7-9H2,1-4H3,(H2,27,28,29)(H,31,35,36)/t11-,12-,16-,17-,18-,19-,22-,23-/m1/s1. The summed E-state index contributed by atoms with van der Waals surface area (Å²) in [6, 6.07) is 1.26. The van der Waals surface area contributed by atoms with Crippen molar-refractivity contribution in [2.75, 3.05) is 18.1 Å². The first-order valence-corrected chi connectivity index (χ1v) is 15.1. The molecule has 3 aromatic rings. The number of aliphatic hydroxyl groups excluding tert-OH is 1. The molecule has 7 rings (SSSR count). The van der Waals surface area contributed by atoms with Crippen LogP contribution in [0, 0.1) is 0 Å². The van der Waals surface area contributed by atoms with Crippen molar-refractivity contribution < 1.29 is 33.5 Å². The van der Waals surface area contributed by atoms with Gasteiger partial charge in [-0.3, -0.25) is 18.9 Å². The van der Waals surface area contributed by atoms with Gasteiger partial charge in [0.15, 0.2) is 41.0 Å². The van der Waals surface area contributed by atoms with Crippen LogP contribution in [-0.2, 0) is 34.2 Å². The summed E-state index contributed by atoms with van der Waals surface area (Å²) >= 11 is 1.53. The smallest absolute Gasteiger partial charge is 0.330 e. The summed E-state index contributed by atoms with van der Waals surface area (Å²) in [7, 11) is 0. The van der Waals surface area contributed by atoms with Gasteiger partial charge in [0.05, 0.1) is 18.5 Å². The van der Waals surface area contributed by atoms with Crippen molar-refractivity contribution in [1.82, 2.24) is 29.1 Å². The molecule has 0 amide bonds. The number of ether oxygens (including phenoxy) is 6. The summed E-state index contributed by atoms with van der Waals surface area (Å²) in [5, 5.41) is 10.0. The van der Waals surface area contributed by atoms with Crippen LogP contribution in [0.1, 0.15) is 46.0 Å². The fraction of sp³-hybridized carbons (Fsp3) is 0.654. The van der Waals surface area contributed by atoms with Gasteiger partial charge in [-0.15, -0.1) is 0 Å². The number of thioether (sulfide) groups is 1. The molecule has 0 spiro atoms. The van der Waals surface area contributed by atoms with Crippen molar-refractivity contribution in [3.8, 4) is 0 Å². The normalized spacial score (nSPS) is 34.2. The van der Waals surface area contributed by atoms with Crippen molar-refractivity contribution in [2.24, 2.45) is 0 Å². The lowest BCUT2D eigenvalue weighted by atomic mass is 10.1. The van der Waals surface area contributed by atoms with E-state index in [0.717, 1.165) is 0 Å². The summed E-state index contributed by atoms with van der Waals surface area (Å²) in [6.07, 6.45) is -1.79. The number of imidazole rings is 1.